The standard InChI is InChI=1S/C20H24N2O2/c1-15-8-10-18(11-9-15)16(2)22-19(23)12-13-21-20(24)14-17-6-4-3-5-7-17/h3-11,16H,12-14H2,1-2H3,(H,21,24)(H,22,23). The summed E-state index contributed by atoms with van der Waals surface area (Å²) in [4.78, 5) is 23.8. The smallest absolute Gasteiger partial charge is 0.224 e. The Kier molecular flexibility index (Phi) is 6.55. The molecule has 24 heavy (non-hydrogen) atoms. The second-order valence-electron chi connectivity index (χ2n) is 5.96. The molecule has 0 heterocycles. The van der Waals surface area contributed by atoms with E-state index in [1.807, 2.05) is 68.4 Å². The van der Waals surface area contributed by atoms with E-state index in [-0.39, 0.29) is 24.3 Å². The average Bonchev–Trinajstić information content (AvgIpc) is 2.56. The minimum absolute atomic E-state index is 0.0434. The fraction of sp³-hybridized carbons (Fsp3) is 0.300. The molecule has 0 fully saturated rings. The third-order valence-corrected chi connectivity index (χ3v) is 3.84. The Morgan fingerprint density at radius 1 is 0.958 bits per heavy atom. The van der Waals surface area contributed by atoms with Crippen LogP contribution in [0.3, 0.4) is 0 Å². The van der Waals surface area contributed by atoms with Crippen molar-refractivity contribution in [2.24, 2.45) is 0 Å². The van der Waals surface area contributed by atoms with E-state index in [2.05, 4.69) is 10.6 Å². The van der Waals surface area contributed by atoms with Crippen LogP contribution in [0.5, 0.6) is 0 Å². The van der Waals surface area contributed by atoms with Crippen LogP contribution in [0.15, 0.2) is 54.6 Å². The number of carbonyl (C=O) groups excluding carboxylic acids is 2. The summed E-state index contributed by atoms with van der Waals surface area (Å²) in [6.07, 6.45) is 0.610. The molecule has 4 nitrogen and oxygen atoms in total. The first-order valence-corrected chi connectivity index (χ1v) is 8.21. The van der Waals surface area contributed by atoms with E-state index in [4.69, 9.17) is 0 Å². The monoisotopic (exact) mass is 324 g/mol. The Labute approximate surface area is 143 Å². The number of nitrogens with one attached hydrogen (secondary N) is 2. The van der Waals surface area contributed by atoms with Gasteiger partial charge in [-0.3, -0.25) is 9.59 Å². The number of aryl methyl sites for hydroxylation is 1. The maximum Gasteiger partial charge on any atom is 0.224 e. The molecule has 2 aromatic rings. The summed E-state index contributed by atoms with van der Waals surface area (Å²) in [5.41, 5.74) is 3.23. The van der Waals surface area contributed by atoms with Gasteiger partial charge in [0.2, 0.25) is 11.8 Å². The molecule has 2 N–H and O–H groups in total. The number of carbonyl (C=O) groups is 2. The van der Waals surface area contributed by atoms with Crippen molar-refractivity contribution in [1.82, 2.24) is 10.6 Å². The van der Waals surface area contributed by atoms with Gasteiger partial charge in [0.15, 0.2) is 0 Å². The van der Waals surface area contributed by atoms with Crippen LogP contribution in [-0.4, -0.2) is 18.4 Å². The number of amides is 2. The molecule has 2 amide bonds. The highest BCUT2D eigenvalue weighted by molar-refractivity contribution is 5.80. The van der Waals surface area contributed by atoms with Crippen molar-refractivity contribution in [1.29, 1.82) is 0 Å². The summed E-state index contributed by atoms with van der Waals surface area (Å²) in [7, 11) is 0. The van der Waals surface area contributed by atoms with Gasteiger partial charge in [-0.1, -0.05) is 60.2 Å². The van der Waals surface area contributed by atoms with Crippen molar-refractivity contribution >= 4 is 11.8 Å². The zero-order valence-electron chi connectivity index (χ0n) is 14.2. The van der Waals surface area contributed by atoms with Gasteiger partial charge >= 0.3 is 0 Å². The van der Waals surface area contributed by atoms with Crippen LogP contribution in [0.2, 0.25) is 0 Å². The SMILES string of the molecule is Cc1ccc(C(C)NC(=O)CCNC(=O)Cc2ccccc2)cc1. The zero-order valence-corrected chi connectivity index (χ0v) is 14.2. The van der Waals surface area contributed by atoms with E-state index in [0.717, 1.165) is 11.1 Å². The molecule has 0 spiro atoms. The van der Waals surface area contributed by atoms with Gasteiger partial charge in [0, 0.05) is 13.0 Å². The Bertz CT molecular complexity index is 666. The van der Waals surface area contributed by atoms with Crippen LogP contribution in [0.25, 0.3) is 0 Å². The lowest BCUT2D eigenvalue weighted by Crippen LogP contribution is -2.32. The number of hydrogen-bond donors (Lipinski definition) is 2. The van der Waals surface area contributed by atoms with Crippen LogP contribution >= 0.6 is 0 Å². The molecule has 0 aliphatic rings. The molecule has 0 aliphatic carbocycles. The van der Waals surface area contributed by atoms with Crippen LogP contribution < -0.4 is 10.6 Å². The number of hydrogen-bond acceptors (Lipinski definition) is 2. The first kappa shape index (κ1) is 17.7. The summed E-state index contributed by atoms with van der Waals surface area (Å²) < 4.78 is 0. The Morgan fingerprint density at radius 3 is 2.29 bits per heavy atom. The first-order chi connectivity index (χ1) is 11.5. The predicted octanol–water partition coefficient (Wildman–Crippen LogP) is 2.92. The number of benzene rings is 2. The van der Waals surface area contributed by atoms with Crippen LogP contribution in [0.4, 0.5) is 0 Å². The van der Waals surface area contributed by atoms with Crippen molar-refractivity contribution in [2.45, 2.75) is 32.7 Å². The molecular weight excluding hydrogens is 300 g/mol. The molecule has 126 valence electrons. The van der Waals surface area contributed by atoms with Gasteiger partial charge in [0.1, 0.15) is 0 Å². The maximum absolute atomic E-state index is 12.0. The molecule has 0 saturated carbocycles. The van der Waals surface area contributed by atoms with E-state index in [1.54, 1.807) is 0 Å². The predicted molar refractivity (Wildman–Crippen MR) is 95.5 cm³/mol. The minimum Gasteiger partial charge on any atom is -0.355 e. The van der Waals surface area contributed by atoms with Crippen molar-refractivity contribution < 1.29 is 9.59 Å². The summed E-state index contributed by atoms with van der Waals surface area (Å²) in [5.74, 6) is -0.135. The van der Waals surface area contributed by atoms with Crippen LogP contribution in [0.1, 0.15) is 36.1 Å². The van der Waals surface area contributed by atoms with Crippen LogP contribution in [-0.2, 0) is 16.0 Å². The molecule has 4 heteroatoms. The van der Waals surface area contributed by atoms with Gasteiger partial charge in [-0.2, -0.15) is 0 Å². The molecule has 1 unspecified atom stereocenters. The van der Waals surface area contributed by atoms with E-state index in [0.29, 0.717) is 13.0 Å². The van der Waals surface area contributed by atoms with Gasteiger partial charge < -0.3 is 10.6 Å². The summed E-state index contributed by atoms with van der Waals surface area (Å²) in [6.45, 7) is 4.33. The van der Waals surface area contributed by atoms with Gasteiger partial charge in [-0.05, 0) is 25.0 Å². The fourth-order valence-electron chi connectivity index (χ4n) is 2.41. The highest BCUT2D eigenvalue weighted by Gasteiger charge is 2.10. The highest BCUT2D eigenvalue weighted by Crippen LogP contribution is 2.12. The topological polar surface area (TPSA) is 58.2 Å². The number of rotatable bonds is 7. The lowest BCUT2D eigenvalue weighted by Gasteiger charge is -2.14. The van der Waals surface area contributed by atoms with Crippen molar-refractivity contribution in [3.05, 3.63) is 71.3 Å². The normalized spacial score (nSPS) is 11.6. The molecule has 0 bridgehead atoms. The molecule has 0 aromatic heterocycles. The van der Waals surface area contributed by atoms with Crippen molar-refractivity contribution in [2.75, 3.05) is 6.54 Å². The van der Waals surface area contributed by atoms with Gasteiger partial charge in [0.05, 0.1) is 12.5 Å². The molecule has 2 aromatic carbocycles. The molecule has 0 aliphatic heterocycles. The average molecular weight is 324 g/mol. The lowest BCUT2D eigenvalue weighted by molar-refractivity contribution is -0.122. The first-order valence-electron chi connectivity index (χ1n) is 8.21. The molecule has 1 atom stereocenters. The Morgan fingerprint density at radius 2 is 1.62 bits per heavy atom. The zero-order chi connectivity index (χ0) is 17.4. The van der Waals surface area contributed by atoms with E-state index >= 15 is 0 Å². The van der Waals surface area contributed by atoms with Gasteiger partial charge in [-0.25, -0.2) is 0 Å². The Balaban J connectivity index is 1.69. The molecule has 2 rings (SSSR count). The highest BCUT2D eigenvalue weighted by atomic mass is 16.2. The molecule has 0 radical (unpaired) electrons. The Hall–Kier alpha value is -2.62. The fourth-order valence-corrected chi connectivity index (χ4v) is 2.41. The van der Waals surface area contributed by atoms with E-state index < -0.39 is 0 Å². The summed E-state index contributed by atoms with van der Waals surface area (Å²) in [6, 6.07) is 17.6. The lowest BCUT2D eigenvalue weighted by atomic mass is 10.1. The van der Waals surface area contributed by atoms with E-state index in [9.17, 15) is 9.59 Å². The third kappa shape index (κ3) is 5.88. The molecular formula is C20H24N2O2. The van der Waals surface area contributed by atoms with Crippen LogP contribution in [0, 0.1) is 6.92 Å². The quantitative estimate of drug-likeness (QED) is 0.823. The van der Waals surface area contributed by atoms with Gasteiger partial charge in [0.25, 0.3) is 0 Å². The van der Waals surface area contributed by atoms with Crippen molar-refractivity contribution in [3.63, 3.8) is 0 Å². The minimum atomic E-state index is -0.0689. The maximum atomic E-state index is 12.0. The summed E-state index contributed by atoms with van der Waals surface area (Å²) in [5, 5.41) is 5.73. The largest absolute Gasteiger partial charge is 0.355 e. The second-order valence-corrected chi connectivity index (χ2v) is 5.96. The van der Waals surface area contributed by atoms with Crippen molar-refractivity contribution in [3.8, 4) is 0 Å². The second kappa shape index (κ2) is 8.87. The molecule has 0 saturated heterocycles. The summed E-state index contributed by atoms with van der Waals surface area (Å²) >= 11 is 0. The van der Waals surface area contributed by atoms with E-state index in [1.165, 1.54) is 5.56 Å². The van der Waals surface area contributed by atoms with Gasteiger partial charge in [-0.15, -0.1) is 0 Å². The third-order valence-electron chi connectivity index (χ3n) is 3.84.